The maximum absolute atomic E-state index is 5.74. The van der Waals surface area contributed by atoms with E-state index in [1.165, 1.54) is 0 Å². The fraction of sp³-hybridized carbons (Fsp3) is 0.444. The standard InChI is InChI=1S/C9H14N6/c1-7(10)5-14(2)8-9-13-12-6-15(9)4-3-11-8/h3-4,6-7H,5,10H2,1-2H3. The smallest absolute Gasteiger partial charge is 0.203 e. The van der Waals surface area contributed by atoms with Crippen molar-refractivity contribution >= 4 is 11.5 Å². The maximum Gasteiger partial charge on any atom is 0.203 e. The first-order valence-corrected chi connectivity index (χ1v) is 4.79. The summed E-state index contributed by atoms with van der Waals surface area (Å²) in [6, 6.07) is 0.0972. The average molecular weight is 206 g/mol. The molecule has 0 fully saturated rings. The molecule has 0 amide bonds. The van der Waals surface area contributed by atoms with E-state index in [2.05, 4.69) is 15.2 Å². The minimum absolute atomic E-state index is 0.0972. The lowest BCUT2D eigenvalue weighted by molar-refractivity contribution is 0.712. The number of fused-ring (bicyclic) bond motifs is 1. The van der Waals surface area contributed by atoms with Crippen LogP contribution in [-0.4, -0.2) is 39.2 Å². The summed E-state index contributed by atoms with van der Waals surface area (Å²) in [5.74, 6) is 0.798. The topological polar surface area (TPSA) is 72.3 Å². The van der Waals surface area contributed by atoms with E-state index < -0.39 is 0 Å². The van der Waals surface area contributed by atoms with Crippen molar-refractivity contribution in [2.75, 3.05) is 18.5 Å². The first-order chi connectivity index (χ1) is 7.18. The number of hydrogen-bond acceptors (Lipinski definition) is 5. The Hall–Kier alpha value is -1.69. The van der Waals surface area contributed by atoms with Crippen molar-refractivity contribution in [1.29, 1.82) is 0 Å². The van der Waals surface area contributed by atoms with Crippen LogP contribution in [0.25, 0.3) is 5.65 Å². The molecule has 80 valence electrons. The zero-order valence-electron chi connectivity index (χ0n) is 8.83. The summed E-state index contributed by atoms with van der Waals surface area (Å²) in [4.78, 5) is 6.26. The highest BCUT2D eigenvalue weighted by molar-refractivity contribution is 5.62. The van der Waals surface area contributed by atoms with Crippen LogP contribution in [0.15, 0.2) is 18.7 Å². The molecule has 15 heavy (non-hydrogen) atoms. The molecule has 0 aliphatic rings. The molecule has 0 saturated heterocycles. The van der Waals surface area contributed by atoms with Gasteiger partial charge in [0.2, 0.25) is 5.65 Å². The van der Waals surface area contributed by atoms with Crippen LogP contribution in [-0.2, 0) is 0 Å². The van der Waals surface area contributed by atoms with Gasteiger partial charge in [0.1, 0.15) is 6.33 Å². The van der Waals surface area contributed by atoms with Crippen molar-refractivity contribution in [1.82, 2.24) is 19.6 Å². The lowest BCUT2D eigenvalue weighted by atomic mass is 10.3. The second-order valence-corrected chi connectivity index (χ2v) is 3.67. The fourth-order valence-corrected chi connectivity index (χ4v) is 1.53. The van der Waals surface area contributed by atoms with Crippen LogP contribution in [0.4, 0.5) is 5.82 Å². The maximum atomic E-state index is 5.74. The molecule has 2 heterocycles. The summed E-state index contributed by atoms with van der Waals surface area (Å²) in [6.45, 7) is 2.69. The van der Waals surface area contributed by atoms with E-state index in [9.17, 15) is 0 Å². The van der Waals surface area contributed by atoms with E-state index in [-0.39, 0.29) is 6.04 Å². The highest BCUT2D eigenvalue weighted by Crippen LogP contribution is 2.13. The highest BCUT2D eigenvalue weighted by Gasteiger charge is 2.10. The van der Waals surface area contributed by atoms with E-state index in [1.54, 1.807) is 12.5 Å². The van der Waals surface area contributed by atoms with Crippen molar-refractivity contribution in [3.8, 4) is 0 Å². The predicted octanol–water partition coefficient (Wildman–Crippen LogP) is -0.0923. The molecular weight excluding hydrogens is 192 g/mol. The van der Waals surface area contributed by atoms with Crippen LogP contribution in [0.2, 0.25) is 0 Å². The largest absolute Gasteiger partial charge is 0.355 e. The summed E-state index contributed by atoms with van der Waals surface area (Å²) in [7, 11) is 1.94. The van der Waals surface area contributed by atoms with Gasteiger partial charge in [0.15, 0.2) is 5.82 Å². The Bertz CT molecular complexity index is 449. The van der Waals surface area contributed by atoms with Crippen LogP contribution < -0.4 is 10.6 Å². The molecule has 1 unspecified atom stereocenters. The molecule has 6 nitrogen and oxygen atoms in total. The molecule has 2 N–H and O–H groups in total. The van der Waals surface area contributed by atoms with E-state index in [0.717, 1.165) is 18.0 Å². The molecule has 2 aromatic rings. The zero-order valence-corrected chi connectivity index (χ0v) is 8.83. The van der Waals surface area contributed by atoms with Gasteiger partial charge in [0, 0.05) is 32.0 Å². The van der Waals surface area contributed by atoms with Crippen molar-refractivity contribution in [3.05, 3.63) is 18.7 Å². The second-order valence-electron chi connectivity index (χ2n) is 3.67. The number of hydrogen-bond donors (Lipinski definition) is 1. The molecule has 6 heteroatoms. The molecule has 2 rings (SSSR count). The summed E-state index contributed by atoms with van der Waals surface area (Å²) in [5, 5.41) is 7.85. The SMILES string of the molecule is CC(N)CN(C)c1nccn2cnnc12. The molecule has 2 aromatic heterocycles. The first-order valence-electron chi connectivity index (χ1n) is 4.79. The minimum atomic E-state index is 0.0972. The van der Waals surface area contributed by atoms with E-state index >= 15 is 0 Å². The molecule has 0 saturated carbocycles. The predicted molar refractivity (Wildman–Crippen MR) is 57.7 cm³/mol. The number of aromatic nitrogens is 4. The van der Waals surface area contributed by atoms with Crippen LogP contribution in [0, 0.1) is 0 Å². The van der Waals surface area contributed by atoms with Gasteiger partial charge in [-0.05, 0) is 6.92 Å². The van der Waals surface area contributed by atoms with Gasteiger partial charge in [-0.2, -0.15) is 0 Å². The third-order valence-electron chi connectivity index (χ3n) is 2.12. The van der Waals surface area contributed by atoms with Gasteiger partial charge in [-0.1, -0.05) is 0 Å². The van der Waals surface area contributed by atoms with Crippen molar-refractivity contribution < 1.29 is 0 Å². The van der Waals surface area contributed by atoms with E-state index in [1.807, 2.05) is 29.5 Å². The molecular formula is C9H14N6. The Morgan fingerprint density at radius 3 is 3.13 bits per heavy atom. The van der Waals surface area contributed by atoms with Gasteiger partial charge >= 0.3 is 0 Å². The summed E-state index contributed by atoms with van der Waals surface area (Å²) < 4.78 is 1.83. The molecule has 0 spiro atoms. The van der Waals surface area contributed by atoms with E-state index in [0.29, 0.717) is 0 Å². The molecule has 1 atom stereocenters. The minimum Gasteiger partial charge on any atom is -0.355 e. The van der Waals surface area contributed by atoms with Crippen LogP contribution in [0.5, 0.6) is 0 Å². The van der Waals surface area contributed by atoms with Gasteiger partial charge in [0.25, 0.3) is 0 Å². The number of rotatable bonds is 3. The number of anilines is 1. The van der Waals surface area contributed by atoms with Gasteiger partial charge in [-0.25, -0.2) is 4.98 Å². The monoisotopic (exact) mass is 206 g/mol. The third kappa shape index (κ3) is 1.89. The van der Waals surface area contributed by atoms with Crippen molar-refractivity contribution in [2.45, 2.75) is 13.0 Å². The van der Waals surface area contributed by atoms with Crippen LogP contribution in [0.1, 0.15) is 6.92 Å². The van der Waals surface area contributed by atoms with Crippen molar-refractivity contribution in [3.63, 3.8) is 0 Å². The Balaban J connectivity index is 2.38. The summed E-state index contributed by atoms with van der Waals surface area (Å²) in [5.41, 5.74) is 6.49. The molecule has 0 radical (unpaired) electrons. The number of nitrogens with zero attached hydrogens (tertiary/aromatic N) is 5. The Morgan fingerprint density at radius 1 is 1.60 bits per heavy atom. The second kappa shape index (κ2) is 3.82. The molecule has 0 aliphatic heterocycles. The molecule has 0 bridgehead atoms. The highest BCUT2D eigenvalue weighted by atomic mass is 15.3. The summed E-state index contributed by atoms with van der Waals surface area (Å²) >= 11 is 0. The van der Waals surface area contributed by atoms with Gasteiger partial charge < -0.3 is 10.6 Å². The van der Waals surface area contributed by atoms with Crippen LogP contribution in [0.3, 0.4) is 0 Å². The quantitative estimate of drug-likeness (QED) is 0.759. The Kier molecular flexibility index (Phi) is 2.51. The van der Waals surface area contributed by atoms with Crippen LogP contribution >= 0.6 is 0 Å². The fourth-order valence-electron chi connectivity index (χ4n) is 1.53. The number of likely N-dealkylation sites (N-methyl/N-ethyl adjacent to an activating group) is 1. The zero-order chi connectivity index (χ0) is 10.8. The summed E-state index contributed by atoms with van der Waals surface area (Å²) in [6.07, 6.45) is 5.20. The van der Waals surface area contributed by atoms with Gasteiger partial charge in [-0.3, -0.25) is 4.40 Å². The van der Waals surface area contributed by atoms with Gasteiger partial charge in [-0.15, -0.1) is 10.2 Å². The van der Waals surface area contributed by atoms with E-state index in [4.69, 9.17) is 5.73 Å². The number of nitrogens with two attached hydrogens (primary N) is 1. The Morgan fingerprint density at radius 2 is 2.40 bits per heavy atom. The molecule has 0 aromatic carbocycles. The Labute approximate surface area is 87.7 Å². The van der Waals surface area contributed by atoms with Gasteiger partial charge in [0.05, 0.1) is 0 Å². The third-order valence-corrected chi connectivity index (χ3v) is 2.12. The lowest BCUT2D eigenvalue weighted by Gasteiger charge is -2.19. The lowest BCUT2D eigenvalue weighted by Crippen LogP contribution is -2.33. The van der Waals surface area contributed by atoms with Crippen molar-refractivity contribution in [2.24, 2.45) is 5.73 Å². The average Bonchev–Trinajstić information content (AvgIpc) is 2.63. The normalized spacial score (nSPS) is 13.0. The first kappa shape index (κ1) is 9.85. The molecule has 0 aliphatic carbocycles.